The molecule has 0 fully saturated rings. The maximum atomic E-state index is 11.8. The number of amides is 1. The van der Waals surface area contributed by atoms with Crippen LogP contribution < -0.4 is 0 Å². The zero-order valence-corrected chi connectivity index (χ0v) is 12.2. The number of carbonyl (C=O) groups excluding carboxylic acids is 2. The van der Waals surface area contributed by atoms with Crippen LogP contribution in [0.1, 0.15) is 13.8 Å². The average Bonchev–Trinajstić information content (AvgIpc) is 2.81. The first-order chi connectivity index (χ1) is 8.95. The third kappa shape index (κ3) is 4.51. The molecule has 0 saturated carbocycles. The predicted octanol–water partition coefficient (Wildman–Crippen LogP) is -0.195. The van der Waals surface area contributed by atoms with E-state index in [2.05, 4.69) is 20.3 Å². The Bertz CT molecular complexity index is 448. The Labute approximate surface area is 115 Å². The molecular formula is C10H17N5O3S. The highest BCUT2D eigenvalue weighted by Crippen LogP contribution is 2.14. The van der Waals surface area contributed by atoms with Gasteiger partial charge in [-0.05, 0) is 24.3 Å². The van der Waals surface area contributed by atoms with E-state index in [0.29, 0.717) is 5.16 Å². The highest BCUT2D eigenvalue weighted by Gasteiger charge is 2.16. The summed E-state index contributed by atoms with van der Waals surface area (Å²) < 4.78 is 5.84. The smallest absolute Gasteiger partial charge is 0.327 e. The predicted molar refractivity (Wildman–Crippen MR) is 68.5 cm³/mol. The number of hydrogen-bond acceptors (Lipinski definition) is 7. The minimum atomic E-state index is -0.445. The molecule has 0 aliphatic rings. The third-order valence-electron chi connectivity index (χ3n) is 2.50. The Morgan fingerprint density at radius 1 is 1.47 bits per heavy atom. The van der Waals surface area contributed by atoms with Crippen LogP contribution in [0.5, 0.6) is 0 Å². The van der Waals surface area contributed by atoms with Gasteiger partial charge in [0, 0.05) is 13.1 Å². The topological polar surface area (TPSA) is 90.2 Å². The number of nitrogens with zero attached hydrogens (tertiary/aromatic N) is 5. The lowest BCUT2D eigenvalue weighted by Crippen LogP contribution is -2.34. The van der Waals surface area contributed by atoms with Crippen LogP contribution in [0.4, 0.5) is 0 Å². The van der Waals surface area contributed by atoms with E-state index in [1.54, 1.807) is 11.9 Å². The van der Waals surface area contributed by atoms with Gasteiger partial charge in [-0.25, -0.2) is 4.68 Å². The van der Waals surface area contributed by atoms with E-state index in [1.807, 2.05) is 13.8 Å². The molecule has 0 unspecified atom stereocenters. The molecule has 0 bridgehead atoms. The molecule has 1 amide bonds. The molecule has 1 heterocycles. The fourth-order valence-corrected chi connectivity index (χ4v) is 1.90. The van der Waals surface area contributed by atoms with Crippen LogP contribution in [0.3, 0.4) is 0 Å². The highest BCUT2D eigenvalue weighted by molar-refractivity contribution is 7.99. The van der Waals surface area contributed by atoms with Gasteiger partial charge in [0.15, 0.2) is 0 Å². The van der Waals surface area contributed by atoms with Gasteiger partial charge in [0.1, 0.15) is 6.54 Å². The summed E-state index contributed by atoms with van der Waals surface area (Å²) in [7, 11) is 3.03. The van der Waals surface area contributed by atoms with Crippen LogP contribution in [-0.4, -0.2) is 62.9 Å². The zero-order chi connectivity index (χ0) is 14.4. The molecule has 0 saturated heterocycles. The number of rotatable bonds is 6. The fraction of sp³-hybridized carbons (Fsp3) is 0.700. The average molecular weight is 287 g/mol. The summed E-state index contributed by atoms with van der Waals surface area (Å²) in [5.41, 5.74) is 0. The molecule has 0 aliphatic carbocycles. The molecule has 1 aromatic rings. The first-order valence-electron chi connectivity index (χ1n) is 5.67. The molecule has 19 heavy (non-hydrogen) atoms. The molecule has 1 aromatic heterocycles. The second-order valence-corrected chi connectivity index (χ2v) is 5.02. The number of tetrazole rings is 1. The molecule has 0 aliphatic heterocycles. The van der Waals surface area contributed by atoms with E-state index in [1.165, 1.54) is 23.6 Å². The van der Waals surface area contributed by atoms with Crippen LogP contribution in [0.15, 0.2) is 5.16 Å². The van der Waals surface area contributed by atoms with Crippen molar-refractivity contribution in [3.63, 3.8) is 0 Å². The van der Waals surface area contributed by atoms with Crippen molar-refractivity contribution in [2.24, 2.45) is 0 Å². The van der Waals surface area contributed by atoms with Crippen molar-refractivity contribution >= 4 is 23.6 Å². The molecule has 0 N–H and O–H groups in total. The molecule has 0 atom stereocenters. The van der Waals surface area contributed by atoms with Crippen LogP contribution in [0.2, 0.25) is 0 Å². The van der Waals surface area contributed by atoms with Crippen molar-refractivity contribution in [2.45, 2.75) is 31.6 Å². The van der Waals surface area contributed by atoms with Gasteiger partial charge in [-0.2, -0.15) is 0 Å². The van der Waals surface area contributed by atoms with Crippen molar-refractivity contribution in [2.75, 3.05) is 19.9 Å². The molecule has 8 nitrogen and oxygen atoms in total. The van der Waals surface area contributed by atoms with E-state index in [4.69, 9.17) is 0 Å². The van der Waals surface area contributed by atoms with Gasteiger partial charge in [-0.3, -0.25) is 9.59 Å². The maximum absolute atomic E-state index is 11.8. The Kier molecular flexibility index (Phi) is 5.74. The second-order valence-electron chi connectivity index (χ2n) is 4.08. The number of aromatic nitrogens is 4. The Hall–Kier alpha value is -1.64. The summed E-state index contributed by atoms with van der Waals surface area (Å²) in [5, 5.41) is 11.3. The Morgan fingerprint density at radius 2 is 2.16 bits per heavy atom. The van der Waals surface area contributed by atoms with E-state index in [9.17, 15) is 9.59 Å². The summed E-state index contributed by atoms with van der Waals surface area (Å²) in [4.78, 5) is 24.6. The summed E-state index contributed by atoms with van der Waals surface area (Å²) in [6.45, 7) is 3.80. The number of methoxy groups -OCH3 is 1. The van der Waals surface area contributed by atoms with Crippen LogP contribution in [-0.2, 0) is 20.9 Å². The lowest BCUT2D eigenvalue weighted by molar-refractivity contribution is -0.141. The lowest BCUT2D eigenvalue weighted by atomic mass is 10.3. The molecule has 0 spiro atoms. The number of esters is 1. The van der Waals surface area contributed by atoms with Gasteiger partial charge in [0.25, 0.3) is 0 Å². The summed E-state index contributed by atoms with van der Waals surface area (Å²) in [6.07, 6.45) is 0. The van der Waals surface area contributed by atoms with Gasteiger partial charge in [0.2, 0.25) is 11.1 Å². The number of carbonyl (C=O) groups is 2. The largest absolute Gasteiger partial charge is 0.468 e. The van der Waals surface area contributed by atoms with Crippen molar-refractivity contribution in [1.82, 2.24) is 25.1 Å². The molecule has 9 heteroatoms. The minimum Gasteiger partial charge on any atom is -0.468 e. The molecule has 1 rings (SSSR count). The first kappa shape index (κ1) is 15.4. The van der Waals surface area contributed by atoms with Crippen molar-refractivity contribution in [1.29, 1.82) is 0 Å². The van der Waals surface area contributed by atoms with Gasteiger partial charge < -0.3 is 9.64 Å². The second kappa shape index (κ2) is 7.07. The quantitative estimate of drug-likeness (QED) is 0.529. The Balaban J connectivity index is 2.56. The number of ether oxygens (including phenoxy) is 1. The van der Waals surface area contributed by atoms with Crippen LogP contribution in [0.25, 0.3) is 0 Å². The van der Waals surface area contributed by atoms with Crippen molar-refractivity contribution < 1.29 is 14.3 Å². The summed E-state index contributed by atoms with van der Waals surface area (Å²) in [6, 6.07) is 0.138. The Morgan fingerprint density at radius 3 is 2.74 bits per heavy atom. The molecule has 0 radical (unpaired) electrons. The maximum Gasteiger partial charge on any atom is 0.327 e. The van der Waals surface area contributed by atoms with Gasteiger partial charge >= 0.3 is 5.97 Å². The van der Waals surface area contributed by atoms with Crippen LogP contribution >= 0.6 is 11.8 Å². The van der Waals surface area contributed by atoms with Gasteiger partial charge in [-0.1, -0.05) is 11.8 Å². The van der Waals surface area contributed by atoms with Gasteiger partial charge in [-0.15, -0.1) is 5.10 Å². The standard InChI is InChI=1S/C10H17N5O3S/c1-7(2)14(3)8(16)6-19-10-11-12-13-15(10)5-9(17)18-4/h7H,5-6H2,1-4H3. The summed E-state index contributed by atoms with van der Waals surface area (Å²) >= 11 is 1.19. The van der Waals surface area contributed by atoms with E-state index in [-0.39, 0.29) is 24.2 Å². The monoisotopic (exact) mass is 287 g/mol. The number of thioether (sulfide) groups is 1. The van der Waals surface area contributed by atoms with Crippen molar-refractivity contribution in [3.05, 3.63) is 0 Å². The molecule has 106 valence electrons. The normalized spacial score (nSPS) is 10.6. The lowest BCUT2D eigenvalue weighted by Gasteiger charge is -2.20. The van der Waals surface area contributed by atoms with Gasteiger partial charge in [0.05, 0.1) is 12.9 Å². The molecule has 0 aromatic carbocycles. The first-order valence-corrected chi connectivity index (χ1v) is 6.65. The minimum absolute atomic E-state index is 0.0207. The SMILES string of the molecule is COC(=O)Cn1nnnc1SCC(=O)N(C)C(C)C. The van der Waals surface area contributed by atoms with Crippen molar-refractivity contribution in [3.8, 4) is 0 Å². The highest BCUT2D eigenvalue weighted by atomic mass is 32.2. The summed E-state index contributed by atoms with van der Waals surface area (Å²) in [5.74, 6) is -0.247. The van der Waals surface area contributed by atoms with E-state index < -0.39 is 5.97 Å². The number of hydrogen-bond donors (Lipinski definition) is 0. The zero-order valence-electron chi connectivity index (χ0n) is 11.4. The van der Waals surface area contributed by atoms with E-state index >= 15 is 0 Å². The van der Waals surface area contributed by atoms with E-state index in [0.717, 1.165) is 0 Å². The third-order valence-corrected chi connectivity index (χ3v) is 3.44. The van der Waals surface area contributed by atoms with Crippen LogP contribution in [0, 0.1) is 0 Å². The fourth-order valence-electron chi connectivity index (χ4n) is 1.10. The molecular weight excluding hydrogens is 270 g/mol.